The number of hydrogen-bond acceptors (Lipinski definition) is 5. The molecule has 8 heteroatoms. The number of carbonyl (C=O) groups excluding carboxylic acids is 1. The van der Waals surface area contributed by atoms with Crippen molar-refractivity contribution in [3.63, 3.8) is 0 Å². The molecule has 0 saturated heterocycles. The van der Waals surface area contributed by atoms with Crippen LogP contribution in [0.1, 0.15) is 10.4 Å². The van der Waals surface area contributed by atoms with Crippen LogP contribution in [0.5, 0.6) is 5.75 Å². The fourth-order valence-electron chi connectivity index (χ4n) is 2.66. The van der Waals surface area contributed by atoms with Gasteiger partial charge in [-0.3, -0.25) is 19.9 Å². The molecule has 0 aliphatic carbocycles. The Hall–Kier alpha value is -3.94. The number of carbonyl (C=O) groups is 1. The van der Waals surface area contributed by atoms with Gasteiger partial charge in [0.05, 0.1) is 19.0 Å². The van der Waals surface area contributed by atoms with Gasteiger partial charge in [-0.05, 0) is 36.4 Å². The third kappa shape index (κ3) is 3.15. The van der Waals surface area contributed by atoms with Crippen molar-refractivity contribution < 1.29 is 9.53 Å². The van der Waals surface area contributed by atoms with Crippen LogP contribution < -0.4 is 15.6 Å². The highest BCUT2D eigenvalue weighted by atomic mass is 16.5. The first-order valence-corrected chi connectivity index (χ1v) is 8.14. The molecule has 2 N–H and O–H groups in total. The molecule has 0 spiro atoms. The molecular weight excluding hydrogens is 346 g/mol. The van der Waals surface area contributed by atoms with Gasteiger partial charge >= 0.3 is 0 Å². The van der Waals surface area contributed by atoms with E-state index in [0.29, 0.717) is 22.3 Å². The number of hydrogen-bond donors (Lipinski definition) is 2. The van der Waals surface area contributed by atoms with Crippen molar-refractivity contribution in [1.29, 1.82) is 0 Å². The fourth-order valence-corrected chi connectivity index (χ4v) is 2.66. The number of H-pyrrole nitrogens is 1. The number of anilines is 1. The smallest absolute Gasteiger partial charge is 0.263 e. The maximum absolute atomic E-state index is 12.4. The van der Waals surface area contributed by atoms with Gasteiger partial charge < -0.3 is 4.74 Å². The molecule has 0 radical (unpaired) electrons. The number of benzene rings is 2. The Balaban J connectivity index is 1.70. The topological polar surface area (TPSA) is 102 Å². The summed E-state index contributed by atoms with van der Waals surface area (Å²) < 4.78 is 6.63. The molecule has 0 bridgehead atoms. The first kappa shape index (κ1) is 16.5. The largest absolute Gasteiger partial charge is 0.497 e. The van der Waals surface area contributed by atoms with Gasteiger partial charge in [0.1, 0.15) is 11.1 Å². The molecule has 2 heterocycles. The van der Waals surface area contributed by atoms with E-state index < -0.39 is 5.91 Å². The van der Waals surface area contributed by atoms with Crippen molar-refractivity contribution in [3.05, 3.63) is 76.7 Å². The molecule has 2 aromatic heterocycles. The van der Waals surface area contributed by atoms with Crippen LogP contribution in [0.15, 0.2) is 65.6 Å². The second kappa shape index (κ2) is 6.75. The molecule has 0 atom stereocenters. The zero-order valence-electron chi connectivity index (χ0n) is 14.3. The highest BCUT2D eigenvalue weighted by molar-refractivity contribution is 6.03. The van der Waals surface area contributed by atoms with Crippen LogP contribution in [-0.4, -0.2) is 32.8 Å². The average molecular weight is 361 g/mol. The van der Waals surface area contributed by atoms with Gasteiger partial charge in [0, 0.05) is 5.56 Å². The van der Waals surface area contributed by atoms with E-state index in [1.165, 1.54) is 6.20 Å². The van der Waals surface area contributed by atoms with Crippen LogP contribution in [0.3, 0.4) is 0 Å². The van der Waals surface area contributed by atoms with E-state index >= 15 is 0 Å². The molecule has 1 amide bonds. The normalized spacial score (nSPS) is 10.7. The molecule has 4 aromatic rings. The third-order valence-electron chi connectivity index (χ3n) is 4.02. The van der Waals surface area contributed by atoms with Gasteiger partial charge in [-0.1, -0.05) is 18.2 Å². The van der Waals surface area contributed by atoms with E-state index in [2.05, 4.69) is 20.4 Å². The Morgan fingerprint density at radius 3 is 2.56 bits per heavy atom. The van der Waals surface area contributed by atoms with Gasteiger partial charge in [0.2, 0.25) is 5.95 Å². The number of para-hydroxylation sites is 1. The van der Waals surface area contributed by atoms with Gasteiger partial charge in [-0.2, -0.15) is 10.1 Å². The third-order valence-corrected chi connectivity index (χ3v) is 4.02. The second-order valence-electron chi connectivity index (χ2n) is 5.73. The fraction of sp³-hybridized carbons (Fsp3) is 0.0526. The van der Waals surface area contributed by atoms with E-state index in [-0.39, 0.29) is 11.5 Å². The summed E-state index contributed by atoms with van der Waals surface area (Å²) in [4.78, 5) is 31.7. The van der Waals surface area contributed by atoms with Crippen molar-refractivity contribution in [3.8, 4) is 11.4 Å². The molecule has 8 nitrogen and oxygen atoms in total. The predicted octanol–water partition coefficient (Wildman–Crippen LogP) is 2.37. The lowest BCUT2D eigenvalue weighted by molar-refractivity contribution is 0.102. The Morgan fingerprint density at radius 1 is 1.11 bits per heavy atom. The molecule has 134 valence electrons. The monoisotopic (exact) mass is 361 g/mol. The van der Waals surface area contributed by atoms with Crippen LogP contribution >= 0.6 is 0 Å². The zero-order valence-corrected chi connectivity index (χ0v) is 14.3. The quantitative estimate of drug-likeness (QED) is 0.581. The number of aromatic amines is 1. The summed E-state index contributed by atoms with van der Waals surface area (Å²) in [7, 11) is 1.55. The Morgan fingerprint density at radius 2 is 1.85 bits per heavy atom. The number of nitrogens with zero attached hydrogens (tertiary/aromatic N) is 3. The van der Waals surface area contributed by atoms with Gasteiger partial charge in [-0.25, -0.2) is 4.68 Å². The van der Waals surface area contributed by atoms with E-state index in [4.69, 9.17) is 4.74 Å². The van der Waals surface area contributed by atoms with Crippen LogP contribution in [-0.2, 0) is 0 Å². The lowest BCUT2D eigenvalue weighted by atomic mass is 10.2. The van der Waals surface area contributed by atoms with Gasteiger partial charge in [-0.15, -0.1) is 0 Å². The summed E-state index contributed by atoms with van der Waals surface area (Å²) in [5.74, 6) is 0.295. The molecule has 4 rings (SSSR count). The lowest BCUT2D eigenvalue weighted by Crippen LogP contribution is -2.18. The SMILES string of the molecule is COc1ccc(C(=O)Nc2nc3c(cnn3-c3ccccc3)c(=O)[nH]2)cc1. The molecule has 27 heavy (non-hydrogen) atoms. The molecule has 0 saturated carbocycles. The predicted molar refractivity (Wildman–Crippen MR) is 100 cm³/mol. The first-order valence-electron chi connectivity index (χ1n) is 8.14. The molecule has 0 aliphatic rings. The molecule has 0 aliphatic heterocycles. The summed E-state index contributed by atoms with van der Waals surface area (Å²) in [6.45, 7) is 0. The summed E-state index contributed by atoms with van der Waals surface area (Å²) >= 11 is 0. The number of ether oxygens (including phenoxy) is 1. The highest BCUT2D eigenvalue weighted by Crippen LogP contribution is 2.16. The molecular formula is C19H15N5O3. The Bertz CT molecular complexity index is 1160. The van der Waals surface area contributed by atoms with Crippen LogP contribution in [0, 0.1) is 0 Å². The Kier molecular flexibility index (Phi) is 4.13. The minimum Gasteiger partial charge on any atom is -0.497 e. The number of amides is 1. The molecule has 2 aromatic carbocycles. The average Bonchev–Trinajstić information content (AvgIpc) is 3.13. The van der Waals surface area contributed by atoms with Crippen molar-refractivity contribution in [2.45, 2.75) is 0 Å². The first-order chi connectivity index (χ1) is 13.2. The minimum absolute atomic E-state index is 0.0472. The maximum atomic E-state index is 12.4. The van der Waals surface area contributed by atoms with Crippen LogP contribution in [0.2, 0.25) is 0 Å². The summed E-state index contributed by atoms with van der Waals surface area (Å²) in [5, 5.41) is 7.18. The van der Waals surface area contributed by atoms with E-state index in [9.17, 15) is 9.59 Å². The number of methoxy groups -OCH3 is 1. The number of aromatic nitrogens is 4. The maximum Gasteiger partial charge on any atom is 0.263 e. The minimum atomic E-state index is -0.397. The van der Waals surface area contributed by atoms with Crippen molar-refractivity contribution in [2.75, 3.05) is 12.4 Å². The molecule has 0 unspecified atom stereocenters. The van der Waals surface area contributed by atoms with E-state index in [1.807, 2.05) is 30.3 Å². The zero-order chi connectivity index (χ0) is 18.8. The molecule has 0 fully saturated rings. The lowest BCUT2D eigenvalue weighted by Gasteiger charge is -2.07. The summed E-state index contributed by atoms with van der Waals surface area (Å²) in [5.41, 5.74) is 1.15. The van der Waals surface area contributed by atoms with Gasteiger partial charge in [0.15, 0.2) is 5.65 Å². The van der Waals surface area contributed by atoms with Crippen LogP contribution in [0.25, 0.3) is 16.7 Å². The van der Waals surface area contributed by atoms with Gasteiger partial charge in [0.25, 0.3) is 11.5 Å². The highest BCUT2D eigenvalue weighted by Gasteiger charge is 2.13. The van der Waals surface area contributed by atoms with Crippen LogP contribution in [0.4, 0.5) is 5.95 Å². The summed E-state index contributed by atoms with van der Waals surface area (Å²) in [6, 6.07) is 15.9. The van der Waals surface area contributed by atoms with Crippen molar-refractivity contribution in [1.82, 2.24) is 19.7 Å². The number of nitrogens with one attached hydrogen (secondary N) is 2. The van der Waals surface area contributed by atoms with E-state index in [0.717, 1.165) is 5.69 Å². The summed E-state index contributed by atoms with van der Waals surface area (Å²) in [6.07, 6.45) is 1.45. The number of rotatable bonds is 4. The second-order valence-corrected chi connectivity index (χ2v) is 5.73. The Labute approximate surface area is 153 Å². The van der Waals surface area contributed by atoms with Crippen molar-refractivity contribution >= 4 is 22.9 Å². The standard InChI is InChI=1S/C19H15N5O3/c1-27-14-9-7-12(8-10-14)17(25)22-19-21-16-15(18(26)23-19)11-20-24(16)13-5-3-2-4-6-13/h2-11H,1H3,(H2,21,22,23,25,26). The van der Waals surface area contributed by atoms with E-state index in [1.54, 1.807) is 36.1 Å². The van der Waals surface area contributed by atoms with Crippen molar-refractivity contribution in [2.24, 2.45) is 0 Å². The number of fused-ring (bicyclic) bond motifs is 1.